The quantitative estimate of drug-likeness (QED) is 0.448. The Morgan fingerprint density at radius 1 is 1.10 bits per heavy atom. The van der Waals surface area contributed by atoms with Crippen LogP contribution in [0.25, 0.3) is 0 Å². The van der Waals surface area contributed by atoms with Crippen molar-refractivity contribution in [2.45, 2.75) is 20.0 Å². The maximum absolute atomic E-state index is 11.9. The molecule has 0 spiro atoms. The van der Waals surface area contributed by atoms with Crippen LogP contribution in [0.5, 0.6) is 5.75 Å². The molecule has 0 bridgehead atoms. The van der Waals surface area contributed by atoms with Crippen molar-refractivity contribution in [1.29, 1.82) is 0 Å². The molecule has 0 aromatic heterocycles. The van der Waals surface area contributed by atoms with Crippen LogP contribution in [0, 0.1) is 0 Å². The number of carbonyl (C=O) groups excluding carboxylic acids is 1. The molecule has 1 amide bonds. The predicted octanol–water partition coefficient (Wildman–Crippen LogP) is 2.45. The van der Waals surface area contributed by atoms with Crippen molar-refractivity contribution in [3.05, 3.63) is 59.7 Å². The topological polar surface area (TPSA) is 78.0 Å². The van der Waals surface area contributed by atoms with Crippen LogP contribution < -0.4 is 20.7 Å². The maximum atomic E-state index is 11.9. The second-order valence-electron chi connectivity index (χ2n) is 6.85. The zero-order chi connectivity index (χ0) is 21.1. The third-order valence-electron chi connectivity index (χ3n) is 4.07. The second-order valence-corrected chi connectivity index (χ2v) is 6.85. The highest BCUT2D eigenvalue weighted by molar-refractivity contribution is 5.92. The highest BCUT2D eigenvalue weighted by Crippen LogP contribution is 2.16. The summed E-state index contributed by atoms with van der Waals surface area (Å²) in [5.41, 5.74) is 2.85. The minimum atomic E-state index is -0.0394. The zero-order valence-electron chi connectivity index (χ0n) is 17.7. The van der Waals surface area contributed by atoms with Gasteiger partial charge in [-0.2, -0.15) is 0 Å². The van der Waals surface area contributed by atoms with Gasteiger partial charge >= 0.3 is 0 Å². The van der Waals surface area contributed by atoms with Gasteiger partial charge in [-0.1, -0.05) is 30.3 Å². The van der Waals surface area contributed by atoms with Gasteiger partial charge in [-0.15, -0.1) is 0 Å². The number of anilines is 1. The zero-order valence-corrected chi connectivity index (χ0v) is 17.7. The van der Waals surface area contributed by atoms with Crippen molar-refractivity contribution in [3.8, 4) is 5.75 Å². The monoisotopic (exact) mass is 397 g/mol. The molecule has 29 heavy (non-hydrogen) atoms. The van der Waals surface area contributed by atoms with Crippen LogP contribution in [-0.2, 0) is 17.9 Å². The lowest BCUT2D eigenvalue weighted by Gasteiger charge is -2.14. The summed E-state index contributed by atoms with van der Waals surface area (Å²) in [5, 5.41) is 9.50. The van der Waals surface area contributed by atoms with E-state index in [2.05, 4.69) is 20.9 Å². The third kappa shape index (κ3) is 7.83. The fraction of sp³-hybridized carbons (Fsp3) is 0.364. The van der Waals surface area contributed by atoms with Crippen LogP contribution in [-0.4, -0.2) is 51.1 Å². The Balaban J connectivity index is 2.00. The minimum absolute atomic E-state index is 0.0394. The van der Waals surface area contributed by atoms with E-state index in [1.54, 1.807) is 7.11 Å². The number of para-hydroxylation sites is 1. The van der Waals surface area contributed by atoms with E-state index in [0.29, 0.717) is 19.6 Å². The number of likely N-dealkylation sites (N-methyl/N-ethyl adjacent to an activating group) is 1. The van der Waals surface area contributed by atoms with Crippen LogP contribution in [0.15, 0.2) is 53.5 Å². The largest absolute Gasteiger partial charge is 0.496 e. The molecule has 0 saturated carbocycles. The van der Waals surface area contributed by atoms with Crippen LogP contribution >= 0.6 is 0 Å². The molecule has 2 rings (SSSR count). The molecule has 0 heterocycles. The van der Waals surface area contributed by atoms with Crippen molar-refractivity contribution in [3.63, 3.8) is 0 Å². The number of methoxy groups -OCH3 is 1. The molecule has 156 valence electrons. The molecule has 0 unspecified atom stereocenters. The van der Waals surface area contributed by atoms with Gasteiger partial charge in [0, 0.05) is 24.3 Å². The molecular formula is C22H31N5O2. The summed E-state index contributed by atoms with van der Waals surface area (Å²) < 4.78 is 5.40. The number of amides is 1. The first-order chi connectivity index (χ1) is 14.0. The normalized spacial score (nSPS) is 11.3. The van der Waals surface area contributed by atoms with Crippen molar-refractivity contribution in [1.82, 2.24) is 15.5 Å². The van der Waals surface area contributed by atoms with Crippen LogP contribution in [0.1, 0.15) is 18.1 Å². The standard InChI is InChI=1S/C22H31N5O2/c1-5-23-22(25-15-18-10-6-7-12-20(18)29-4)24-14-17-9-8-11-19(13-17)26-21(28)16-27(2)3/h6-13H,5,14-16H2,1-4H3,(H,26,28)(H2,23,24,25). The molecule has 0 aliphatic carbocycles. The lowest BCUT2D eigenvalue weighted by molar-refractivity contribution is -0.116. The van der Waals surface area contributed by atoms with Gasteiger partial charge in [0.25, 0.3) is 0 Å². The molecule has 0 saturated heterocycles. The van der Waals surface area contributed by atoms with Gasteiger partial charge in [0.15, 0.2) is 5.96 Å². The highest BCUT2D eigenvalue weighted by atomic mass is 16.5. The van der Waals surface area contributed by atoms with E-state index in [0.717, 1.165) is 35.1 Å². The van der Waals surface area contributed by atoms with Gasteiger partial charge in [0.2, 0.25) is 5.91 Å². The first kappa shape index (κ1) is 22.2. The van der Waals surface area contributed by atoms with Crippen LogP contribution in [0.2, 0.25) is 0 Å². The fourth-order valence-corrected chi connectivity index (χ4v) is 2.78. The smallest absolute Gasteiger partial charge is 0.238 e. The molecule has 2 aromatic carbocycles. The van der Waals surface area contributed by atoms with E-state index < -0.39 is 0 Å². The second kappa shape index (κ2) is 11.7. The van der Waals surface area contributed by atoms with E-state index in [9.17, 15) is 4.79 Å². The summed E-state index contributed by atoms with van der Waals surface area (Å²) in [7, 11) is 5.40. The van der Waals surface area contributed by atoms with E-state index in [1.165, 1.54) is 0 Å². The summed E-state index contributed by atoms with van der Waals surface area (Å²) in [6, 6.07) is 15.6. The molecule has 0 aliphatic rings. The van der Waals surface area contributed by atoms with Crippen molar-refractivity contribution in [2.24, 2.45) is 4.99 Å². The Labute approximate surface area is 173 Å². The Morgan fingerprint density at radius 3 is 2.62 bits per heavy atom. The van der Waals surface area contributed by atoms with Gasteiger partial charge in [-0.3, -0.25) is 4.79 Å². The number of nitrogens with zero attached hydrogens (tertiary/aromatic N) is 2. The number of hydrogen-bond donors (Lipinski definition) is 3. The average Bonchev–Trinajstić information content (AvgIpc) is 2.70. The Bertz CT molecular complexity index is 820. The Hall–Kier alpha value is -3.06. The number of nitrogens with one attached hydrogen (secondary N) is 3. The number of aliphatic imine (C=N–C) groups is 1. The van der Waals surface area contributed by atoms with Gasteiger partial charge in [0.1, 0.15) is 5.75 Å². The van der Waals surface area contributed by atoms with Gasteiger partial charge in [0.05, 0.1) is 20.2 Å². The average molecular weight is 398 g/mol. The molecule has 0 radical (unpaired) electrons. The summed E-state index contributed by atoms with van der Waals surface area (Å²) >= 11 is 0. The van der Waals surface area contributed by atoms with E-state index in [-0.39, 0.29) is 5.91 Å². The van der Waals surface area contributed by atoms with Crippen molar-refractivity contribution in [2.75, 3.05) is 39.6 Å². The molecule has 0 fully saturated rings. The minimum Gasteiger partial charge on any atom is -0.496 e. The molecule has 0 atom stereocenters. The number of guanidine groups is 1. The molecule has 2 aromatic rings. The van der Waals surface area contributed by atoms with E-state index in [1.807, 2.05) is 74.4 Å². The number of rotatable bonds is 9. The van der Waals surface area contributed by atoms with Crippen LogP contribution in [0.3, 0.4) is 0 Å². The molecule has 0 aliphatic heterocycles. The Kier molecular flexibility index (Phi) is 8.98. The maximum Gasteiger partial charge on any atom is 0.238 e. The summed E-state index contributed by atoms with van der Waals surface area (Å²) in [6.45, 7) is 4.24. The number of carbonyl (C=O) groups is 1. The van der Waals surface area contributed by atoms with Gasteiger partial charge in [-0.05, 0) is 44.8 Å². The molecule has 3 N–H and O–H groups in total. The highest BCUT2D eigenvalue weighted by Gasteiger charge is 2.05. The number of benzene rings is 2. The predicted molar refractivity (Wildman–Crippen MR) is 118 cm³/mol. The summed E-state index contributed by atoms with van der Waals surface area (Å²) in [6.07, 6.45) is 0. The summed E-state index contributed by atoms with van der Waals surface area (Å²) in [4.78, 5) is 18.4. The van der Waals surface area contributed by atoms with E-state index in [4.69, 9.17) is 4.74 Å². The number of hydrogen-bond acceptors (Lipinski definition) is 4. The SMILES string of the molecule is CCNC(=NCc1cccc(NC(=O)CN(C)C)c1)NCc1ccccc1OC. The lowest BCUT2D eigenvalue weighted by atomic mass is 10.2. The Morgan fingerprint density at radius 2 is 1.90 bits per heavy atom. The van der Waals surface area contributed by atoms with E-state index >= 15 is 0 Å². The van der Waals surface area contributed by atoms with Crippen molar-refractivity contribution < 1.29 is 9.53 Å². The van der Waals surface area contributed by atoms with Gasteiger partial charge in [-0.25, -0.2) is 4.99 Å². The lowest BCUT2D eigenvalue weighted by Crippen LogP contribution is -2.36. The first-order valence-electron chi connectivity index (χ1n) is 9.69. The fourth-order valence-electron chi connectivity index (χ4n) is 2.78. The number of ether oxygens (including phenoxy) is 1. The first-order valence-corrected chi connectivity index (χ1v) is 9.69. The molecular weight excluding hydrogens is 366 g/mol. The molecule has 7 nitrogen and oxygen atoms in total. The molecule has 7 heteroatoms. The van der Waals surface area contributed by atoms with Gasteiger partial charge < -0.3 is 25.6 Å². The third-order valence-corrected chi connectivity index (χ3v) is 4.07. The van der Waals surface area contributed by atoms with Crippen molar-refractivity contribution >= 4 is 17.6 Å². The summed E-state index contributed by atoms with van der Waals surface area (Å²) in [5.74, 6) is 1.53. The van der Waals surface area contributed by atoms with Crippen LogP contribution in [0.4, 0.5) is 5.69 Å².